The highest BCUT2D eigenvalue weighted by atomic mass is 35.5. The molecular weight excluding hydrogens is 297 g/mol. The van der Waals surface area contributed by atoms with Gasteiger partial charge >= 0.3 is 6.18 Å². The predicted octanol–water partition coefficient (Wildman–Crippen LogP) is 3.23. The summed E-state index contributed by atoms with van der Waals surface area (Å²) in [5.41, 5.74) is 2.02. The van der Waals surface area contributed by atoms with E-state index in [9.17, 15) is 13.2 Å². The Hall–Kier alpha value is -2.06. The molecule has 0 amide bonds. The van der Waals surface area contributed by atoms with Crippen LogP contribution in [0.25, 0.3) is 0 Å². The van der Waals surface area contributed by atoms with Crippen LogP contribution >= 0.6 is 11.6 Å². The standard InChI is InChI=1S/C11H8ClF3N4O/c12-6-1-3-7(4-2-6)20-9-5-8(19-16)17-10(18-9)11(13,14)15/h1-5H,16H2,(H,17,18,19). The summed E-state index contributed by atoms with van der Waals surface area (Å²) in [4.78, 5) is 6.49. The molecular formula is C11H8ClF3N4O. The van der Waals surface area contributed by atoms with Gasteiger partial charge in [0.15, 0.2) is 0 Å². The van der Waals surface area contributed by atoms with Crippen LogP contribution < -0.4 is 16.0 Å². The molecule has 1 heterocycles. The van der Waals surface area contributed by atoms with E-state index in [4.69, 9.17) is 22.2 Å². The molecule has 5 nitrogen and oxygen atoms in total. The number of hydrazine groups is 1. The fraction of sp³-hybridized carbons (Fsp3) is 0.0909. The normalized spacial score (nSPS) is 11.2. The second kappa shape index (κ2) is 5.51. The van der Waals surface area contributed by atoms with Crippen LogP contribution in [0.15, 0.2) is 30.3 Å². The Morgan fingerprint density at radius 1 is 1.15 bits per heavy atom. The molecule has 0 spiro atoms. The van der Waals surface area contributed by atoms with Crippen LogP contribution in [-0.4, -0.2) is 9.97 Å². The molecule has 2 rings (SSSR count). The number of hydrogen-bond donors (Lipinski definition) is 2. The first-order valence-electron chi connectivity index (χ1n) is 5.25. The number of nitrogens with zero attached hydrogens (tertiary/aromatic N) is 2. The van der Waals surface area contributed by atoms with E-state index in [0.717, 1.165) is 6.07 Å². The molecule has 1 aromatic carbocycles. The van der Waals surface area contributed by atoms with Crippen LogP contribution in [-0.2, 0) is 6.18 Å². The maximum absolute atomic E-state index is 12.6. The van der Waals surface area contributed by atoms with Gasteiger partial charge in [0.25, 0.3) is 0 Å². The van der Waals surface area contributed by atoms with Crippen molar-refractivity contribution in [2.75, 3.05) is 5.43 Å². The second-order valence-corrected chi connectivity index (χ2v) is 4.05. The van der Waals surface area contributed by atoms with Crippen LogP contribution in [0.5, 0.6) is 11.6 Å². The molecule has 0 aliphatic heterocycles. The van der Waals surface area contributed by atoms with Crippen molar-refractivity contribution in [1.29, 1.82) is 0 Å². The van der Waals surface area contributed by atoms with Crippen molar-refractivity contribution < 1.29 is 17.9 Å². The van der Waals surface area contributed by atoms with Gasteiger partial charge in [-0.1, -0.05) is 11.6 Å². The molecule has 0 aliphatic rings. The molecule has 9 heteroatoms. The molecule has 0 unspecified atom stereocenters. The molecule has 0 atom stereocenters. The highest BCUT2D eigenvalue weighted by Gasteiger charge is 2.35. The first-order chi connectivity index (χ1) is 9.38. The summed E-state index contributed by atoms with van der Waals surface area (Å²) in [6.07, 6.45) is -4.70. The third-order valence-corrected chi connectivity index (χ3v) is 2.39. The number of nitrogens with one attached hydrogen (secondary N) is 1. The number of anilines is 1. The molecule has 2 aromatic rings. The fourth-order valence-corrected chi connectivity index (χ4v) is 1.43. The Balaban J connectivity index is 2.33. The molecule has 0 saturated carbocycles. The van der Waals surface area contributed by atoms with Crippen molar-refractivity contribution in [3.8, 4) is 11.6 Å². The summed E-state index contributed by atoms with van der Waals surface area (Å²) in [5.74, 6) is 3.49. The zero-order valence-corrected chi connectivity index (χ0v) is 10.5. The second-order valence-electron chi connectivity index (χ2n) is 3.61. The summed E-state index contributed by atoms with van der Waals surface area (Å²) in [7, 11) is 0. The van der Waals surface area contributed by atoms with Crippen molar-refractivity contribution >= 4 is 17.4 Å². The molecule has 106 valence electrons. The van der Waals surface area contributed by atoms with Gasteiger partial charge < -0.3 is 10.2 Å². The number of ether oxygens (including phenoxy) is 1. The quantitative estimate of drug-likeness (QED) is 0.673. The summed E-state index contributed by atoms with van der Waals surface area (Å²) in [6, 6.07) is 7.19. The molecule has 1 aromatic heterocycles. The van der Waals surface area contributed by atoms with E-state index in [1.54, 1.807) is 0 Å². The molecule has 0 radical (unpaired) electrons. The molecule has 20 heavy (non-hydrogen) atoms. The van der Waals surface area contributed by atoms with Crippen LogP contribution in [0.1, 0.15) is 5.82 Å². The lowest BCUT2D eigenvalue weighted by atomic mass is 10.3. The lowest BCUT2D eigenvalue weighted by Crippen LogP contribution is -2.16. The van der Waals surface area contributed by atoms with E-state index in [2.05, 4.69) is 9.97 Å². The Kier molecular flexibility index (Phi) is 3.96. The SMILES string of the molecule is NNc1cc(Oc2ccc(Cl)cc2)nc(C(F)(F)F)n1. The predicted molar refractivity (Wildman–Crippen MR) is 66.4 cm³/mol. The number of alkyl halides is 3. The Labute approximate surface area is 116 Å². The minimum Gasteiger partial charge on any atom is -0.439 e. The van der Waals surface area contributed by atoms with Gasteiger partial charge in [-0.2, -0.15) is 18.2 Å². The molecule has 3 N–H and O–H groups in total. The number of nitrogens with two attached hydrogens (primary N) is 1. The van der Waals surface area contributed by atoms with Crippen molar-refractivity contribution in [1.82, 2.24) is 9.97 Å². The first kappa shape index (κ1) is 14.4. The van der Waals surface area contributed by atoms with Crippen molar-refractivity contribution in [3.63, 3.8) is 0 Å². The zero-order valence-electron chi connectivity index (χ0n) is 9.78. The lowest BCUT2D eigenvalue weighted by Gasteiger charge is -2.10. The topological polar surface area (TPSA) is 73.1 Å². The van der Waals surface area contributed by atoms with Crippen molar-refractivity contribution in [3.05, 3.63) is 41.2 Å². The van der Waals surface area contributed by atoms with Gasteiger partial charge in [0.2, 0.25) is 11.7 Å². The zero-order chi connectivity index (χ0) is 14.8. The Bertz CT molecular complexity index is 604. The third kappa shape index (κ3) is 3.49. The van der Waals surface area contributed by atoms with Crippen molar-refractivity contribution in [2.45, 2.75) is 6.18 Å². The van der Waals surface area contributed by atoms with Crippen LogP contribution in [0, 0.1) is 0 Å². The van der Waals surface area contributed by atoms with E-state index in [-0.39, 0.29) is 17.4 Å². The number of hydrogen-bond acceptors (Lipinski definition) is 5. The van der Waals surface area contributed by atoms with Gasteiger partial charge in [0, 0.05) is 11.1 Å². The van der Waals surface area contributed by atoms with Gasteiger partial charge in [-0.3, -0.25) is 0 Å². The van der Waals surface area contributed by atoms with E-state index in [0.29, 0.717) is 5.02 Å². The van der Waals surface area contributed by atoms with Gasteiger partial charge in [-0.15, -0.1) is 0 Å². The van der Waals surface area contributed by atoms with Gasteiger partial charge in [-0.05, 0) is 24.3 Å². The van der Waals surface area contributed by atoms with Crippen molar-refractivity contribution in [2.24, 2.45) is 5.84 Å². The molecule has 0 saturated heterocycles. The Morgan fingerprint density at radius 2 is 1.80 bits per heavy atom. The van der Waals surface area contributed by atoms with Gasteiger partial charge in [0.05, 0.1) is 0 Å². The highest BCUT2D eigenvalue weighted by Crippen LogP contribution is 2.30. The monoisotopic (exact) mass is 304 g/mol. The highest BCUT2D eigenvalue weighted by molar-refractivity contribution is 6.30. The summed E-state index contributed by atoms with van der Waals surface area (Å²) in [6.45, 7) is 0. The average Bonchev–Trinajstić information content (AvgIpc) is 2.40. The number of halogens is 4. The Morgan fingerprint density at radius 3 is 2.35 bits per heavy atom. The minimum atomic E-state index is -4.70. The van der Waals surface area contributed by atoms with Gasteiger partial charge in [-0.25, -0.2) is 10.8 Å². The average molecular weight is 305 g/mol. The first-order valence-corrected chi connectivity index (χ1v) is 5.62. The van der Waals surface area contributed by atoms with E-state index in [1.807, 2.05) is 5.43 Å². The summed E-state index contributed by atoms with van der Waals surface area (Å²) in [5, 5.41) is 0.473. The number of aromatic nitrogens is 2. The number of nitrogen functional groups attached to an aromatic ring is 1. The minimum absolute atomic E-state index is 0.212. The van der Waals surface area contributed by atoms with E-state index < -0.39 is 12.0 Å². The third-order valence-electron chi connectivity index (χ3n) is 2.14. The van der Waals surface area contributed by atoms with Gasteiger partial charge in [0.1, 0.15) is 11.6 Å². The van der Waals surface area contributed by atoms with Crippen LogP contribution in [0.4, 0.5) is 19.0 Å². The van der Waals surface area contributed by atoms with Crippen LogP contribution in [0.2, 0.25) is 5.02 Å². The number of rotatable bonds is 3. The molecule has 0 fully saturated rings. The summed E-state index contributed by atoms with van der Waals surface area (Å²) < 4.78 is 43.0. The van der Waals surface area contributed by atoms with Crippen LogP contribution in [0.3, 0.4) is 0 Å². The number of benzene rings is 1. The largest absolute Gasteiger partial charge is 0.451 e. The summed E-state index contributed by atoms with van der Waals surface area (Å²) >= 11 is 5.69. The van der Waals surface area contributed by atoms with E-state index >= 15 is 0 Å². The lowest BCUT2D eigenvalue weighted by molar-refractivity contribution is -0.145. The maximum Gasteiger partial charge on any atom is 0.451 e. The molecule has 0 aliphatic carbocycles. The maximum atomic E-state index is 12.6. The molecule has 0 bridgehead atoms. The smallest absolute Gasteiger partial charge is 0.439 e. The van der Waals surface area contributed by atoms with E-state index in [1.165, 1.54) is 24.3 Å². The fourth-order valence-electron chi connectivity index (χ4n) is 1.30.